The molecule has 1 fully saturated rings. The second-order valence-electron chi connectivity index (χ2n) is 5.68. The summed E-state index contributed by atoms with van der Waals surface area (Å²) in [5, 5.41) is 3.70. The van der Waals surface area contributed by atoms with Gasteiger partial charge in [0.05, 0.1) is 7.11 Å². The third-order valence-corrected chi connectivity index (χ3v) is 4.49. The number of rotatable bonds is 3. The fourth-order valence-electron chi connectivity index (χ4n) is 3.44. The van der Waals surface area contributed by atoms with Crippen LogP contribution in [-0.4, -0.2) is 19.7 Å². The summed E-state index contributed by atoms with van der Waals surface area (Å²) in [7, 11) is 1.72. The van der Waals surface area contributed by atoms with E-state index in [-0.39, 0.29) is 0 Å². The summed E-state index contributed by atoms with van der Waals surface area (Å²) in [6.07, 6.45) is 8.97. The number of nitrogens with one attached hydrogen (secondary N) is 1. The van der Waals surface area contributed by atoms with Crippen molar-refractivity contribution in [2.75, 3.05) is 13.7 Å². The molecular weight excluding hydrogens is 234 g/mol. The van der Waals surface area contributed by atoms with Crippen molar-refractivity contribution in [1.29, 1.82) is 0 Å². The molecule has 2 aliphatic rings. The third kappa shape index (κ3) is 2.84. The number of methoxy groups -OCH3 is 1. The number of benzene rings is 1. The Balaban J connectivity index is 1.72. The van der Waals surface area contributed by atoms with E-state index in [2.05, 4.69) is 35.7 Å². The molecule has 0 aromatic heterocycles. The zero-order valence-electron chi connectivity index (χ0n) is 11.7. The van der Waals surface area contributed by atoms with Gasteiger partial charge in [-0.1, -0.05) is 23.8 Å². The number of piperidine rings is 1. The molecule has 3 rings (SSSR count). The van der Waals surface area contributed by atoms with Crippen molar-refractivity contribution < 1.29 is 4.74 Å². The maximum absolute atomic E-state index is 5.22. The third-order valence-electron chi connectivity index (χ3n) is 4.49. The van der Waals surface area contributed by atoms with Crippen LogP contribution in [-0.2, 0) is 6.42 Å². The van der Waals surface area contributed by atoms with E-state index in [1.807, 2.05) is 0 Å². The molecule has 2 heteroatoms. The largest absolute Gasteiger partial charge is 0.497 e. The van der Waals surface area contributed by atoms with Gasteiger partial charge < -0.3 is 10.1 Å². The van der Waals surface area contributed by atoms with Gasteiger partial charge in [0.25, 0.3) is 0 Å². The van der Waals surface area contributed by atoms with Crippen LogP contribution in [0, 0.1) is 5.92 Å². The first-order valence-corrected chi connectivity index (χ1v) is 7.43. The lowest BCUT2D eigenvalue weighted by Crippen LogP contribution is -2.42. The molecule has 2 nitrogen and oxygen atoms in total. The van der Waals surface area contributed by atoms with Crippen LogP contribution in [0.3, 0.4) is 0 Å². The van der Waals surface area contributed by atoms with Gasteiger partial charge in [-0.3, -0.25) is 0 Å². The van der Waals surface area contributed by atoms with Crippen LogP contribution >= 0.6 is 0 Å². The van der Waals surface area contributed by atoms with E-state index < -0.39 is 0 Å². The van der Waals surface area contributed by atoms with E-state index in [1.165, 1.54) is 37.8 Å². The van der Waals surface area contributed by atoms with Gasteiger partial charge in [0.2, 0.25) is 0 Å². The second kappa shape index (κ2) is 5.79. The highest BCUT2D eigenvalue weighted by atomic mass is 16.5. The van der Waals surface area contributed by atoms with Crippen molar-refractivity contribution in [3.8, 4) is 5.75 Å². The van der Waals surface area contributed by atoms with Crippen LogP contribution < -0.4 is 10.1 Å². The topological polar surface area (TPSA) is 21.3 Å². The first-order chi connectivity index (χ1) is 9.36. The summed E-state index contributed by atoms with van der Waals surface area (Å²) in [6, 6.07) is 9.05. The van der Waals surface area contributed by atoms with Crippen LogP contribution in [0.25, 0.3) is 0 Å². The lowest BCUT2D eigenvalue weighted by molar-refractivity contribution is 0.358. The molecule has 1 saturated heterocycles. The summed E-state index contributed by atoms with van der Waals surface area (Å²) in [5.74, 6) is 1.79. The normalized spacial score (nSPS) is 26.5. The van der Waals surface area contributed by atoms with Gasteiger partial charge >= 0.3 is 0 Å². The van der Waals surface area contributed by atoms with Gasteiger partial charge in [-0.25, -0.2) is 0 Å². The van der Waals surface area contributed by atoms with Crippen LogP contribution in [0.2, 0.25) is 0 Å². The molecule has 1 heterocycles. The number of ether oxygens (including phenoxy) is 1. The Morgan fingerprint density at radius 2 is 2.05 bits per heavy atom. The maximum atomic E-state index is 5.22. The highest BCUT2D eigenvalue weighted by Crippen LogP contribution is 2.33. The zero-order valence-corrected chi connectivity index (χ0v) is 11.7. The summed E-state index contributed by atoms with van der Waals surface area (Å²) in [6.45, 7) is 1.17. The van der Waals surface area contributed by atoms with Crippen molar-refractivity contribution in [1.82, 2.24) is 5.32 Å². The van der Waals surface area contributed by atoms with Gasteiger partial charge in [-0.15, -0.1) is 0 Å². The Bertz CT molecular complexity index is 449. The van der Waals surface area contributed by atoms with E-state index in [0.29, 0.717) is 6.04 Å². The molecule has 0 spiro atoms. The predicted molar refractivity (Wildman–Crippen MR) is 78.5 cm³/mol. The monoisotopic (exact) mass is 257 g/mol. The van der Waals surface area contributed by atoms with Crippen LogP contribution in [0.4, 0.5) is 0 Å². The molecule has 1 N–H and O–H groups in total. The lowest BCUT2D eigenvalue weighted by atomic mass is 9.77. The summed E-state index contributed by atoms with van der Waals surface area (Å²) < 4.78 is 5.22. The van der Waals surface area contributed by atoms with Gasteiger partial charge in [0, 0.05) is 6.04 Å². The minimum atomic E-state index is 0.549. The minimum absolute atomic E-state index is 0.549. The second-order valence-corrected chi connectivity index (χ2v) is 5.68. The fraction of sp³-hybridized carbons (Fsp3) is 0.529. The van der Waals surface area contributed by atoms with Crippen molar-refractivity contribution in [2.45, 2.75) is 38.1 Å². The van der Waals surface area contributed by atoms with E-state index in [9.17, 15) is 0 Å². The van der Waals surface area contributed by atoms with Crippen LogP contribution in [0.5, 0.6) is 5.75 Å². The average molecular weight is 257 g/mol. The Hall–Kier alpha value is -1.28. The quantitative estimate of drug-likeness (QED) is 0.839. The summed E-state index contributed by atoms with van der Waals surface area (Å²) in [4.78, 5) is 0. The van der Waals surface area contributed by atoms with Gasteiger partial charge in [-0.05, 0) is 62.3 Å². The molecule has 19 heavy (non-hydrogen) atoms. The molecule has 0 radical (unpaired) electrons. The predicted octanol–water partition coefficient (Wildman–Crippen LogP) is 3.33. The van der Waals surface area contributed by atoms with E-state index in [0.717, 1.165) is 18.1 Å². The maximum Gasteiger partial charge on any atom is 0.118 e. The molecule has 0 bridgehead atoms. The van der Waals surface area contributed by atoms with Crippen molar-refractivity contribution >= 4 is 0 Å². The Labute approximate surface area is 115 Å². The summed E-state index contributed by atoms with van der Waals surface area (Å²) in [5.41, 5.74) is 3.07. The van der Waals surface area contributed by atoms with E-state index >= 15 is 0 Å². The number of hydrogen-bond acceptors (Lipinski definition) is 2. The highest BCUT2D eigenvalue weighted by molar-refractivity contribution is 5.30. The standard InChI is InChI=1S/C17H23NO/c1-19-15-8-6-13(7-9-15)12-17-16-5-3-2-4-14(16)10-11-18-17/h5-9,14,17-18H,2-4,10-12H2,1H3. The molecule has 1 aromatic rings. The fourth-order valence-corrected chi connectivity index (χ4v) is 3.44. The van der Waals surface area contributed by atoms with Crippen molar-refractivity contribution in [2.24, 2.45) is 5.92 Å². The first-order valence-electron chi connectivity index (χ1n) is 7.43. The Morgan fingerprint density at radius 1 is 1.21 bits per heavy atom. The first kappa shape index (κ1) is 12.7. The molecule has 0 saturated carbocycles. The molecule has 1 aliphatic carbocycles. The van der Waals surface area contributed by atoms with Crippen LogP contribution in [0.15, 0.2) is 35.9 Å². The van der Waals surface area contributed by atoms with E-state index in [1.54, 1.807) is 12.7 Å². The van der Waals surface area contributed by atoms with Crippen LogP contribution in [0.1, 0.15) is 31.2 Å². The minimum Gasteiger partial charge on any atom is -0.497 e. The number of allylic oxidation sites excluding steroid dienone is 1. The zero-order chi connectivity index (χ0) is 13.1. The Morgan fingerprint density at radius 3 is 2.84 bits per heavy atom. The molecule has 102 valence electrons. The molecule has 1 aromatic carbocycles. The SMILES string of the molecule is COc1ccc(CC2NCCC3CCCC=C32)cc1. The highest BCUT2D eigenvalue weighted by Gasteiger charge is 2.28. The molecule has 1 aliphatic heterocycles. The lowest BCUT2D eigenvalue weighted by Gasteiger charge is -2.36. The van der Waals surface area contributed by atoms with Crippen molar-refractivity contribution in [3.63, 3.8) is 0 Å². The van der Waals surface area contributed by atoms with Crippen molar-refractivity contribution in [3.05, 3.63) is 41.5 Å². The van der Waals surface area contributed by atoms with Gasteiger partial charge in [-0.2, -0.15) is 0 Å². The molecular formula is C17H23NO. The molecule has 0 amide bonds. The van der Waals surface area contributed by atoms with Gasteiger partial charge in [0.15, 0.2) is 0 Å². The Kier molecular flexibility index (Phi) is 3.88. The number of hydrogen-bond donors (Lipinski definition) is 1. The van der Waals surface area contributed by atoms with Gasteiger partial charge in [0.1, 0.15) is 5.75 Å². The molecule has 2 atom stereocenters. The van der Waals surface area contributed by atoms with E-state index in [4.69, 9.17) is 4.74 Å². The average Bonchev–Trinajstić information content (AvgIpc) is 2.48. The number of fused-ring (bicyclic) bond motifs is 1. The summed E-state index contributed by atoms with van der Waals surface area (Å²) >= 11 is 0. The molecule has 2 unspecified atom stereocenters. The smallest absolute Gasteiger partial charge is 0.118 e.